The first kappa shape index (κ1) is 11.9. The van der Waals surface area contributed by atoms with E-state index in [1.807, 2.05) is 0 Å². The van der Waals surface area contributed by atoms with Gasteiger partial charge < -0.3 is 10.6 Å². The van der Waals surface area contributed by atoms with Crippen molar-refractivity contribution >= 4 is 21.4 Å². The van der Waals surface area contributed by atoms with E-state index in [-0.39, 0.29) is 30.5 Å². The molecule has 92 valence electrons. The Hall–Kier alpha value is -1.56. The number of hydrogen-bond donors (Lipinski definition) is 1. The second-order valence-corrected chi connectivity index (χ2v) is 6.33. The summed E-state index contributed by atoms with van der Waals surface area (Å²) in [5.74, 6) is -0.130. The predicted octanol–water partition coefficient (Wildman–Crippen LogP) is 0.139. The van der Waals surface area contributed by atoms with Gasteiger partial charge in [-0.2, -0.15) is 0 Å². The Bertz CT molecular complexity index is 525. The van der Waals surface area contributed by atoms with Crippen molar-refractivity contribution in [1.29, 1.82) is 0 Å². The molecule has 5 nitrogen and oxygen atoms in total. The first-order valence-electron chi connectivity index (χ1n) is 5.34. The molecule has 1 saturated heterocycles. The summed E-state index contributed by atoms with van der Waals surface area (Å²) < 4.78 is 22.5. The molecule has 1 amide bonds. The lowest BCUT2D eigenvalue weighted by Crippen LogP contribution is -2.43. The van der Waals surface area contributed by atoms with Gasteiger partial charge in [-0.25, -0.2) is 8.42 Å². The van der Waals surface area contributed by atoms with Gasteiger partial charge in [0.25, 0.3) is 5.91 Å². The number of amides is 1. The summed E-state index contributed by atoms with van der Waals surface area (Å²) in [4.78, 5) is 13.6. The topological polar surface area (TPSA) is 80.5 Å². The predicted molar refractivity (Wildman–Crippen MR) is 65.4 cm³/mol. The van der Waals surface area contributed by atoms with Gasteiger partial charge in [-0.15, -0.1) is 0 Å². The lowest BCUT2D eigenvalue weighted by Gasteiger charge is -2.27. The van der Waals surface area contributed by atoms with E-state index in [1.54, 1.807) is 24.3 Å². The average Bonchev–Trinajstić information content (AvgIpc) is 2.29. The average molecular weight is 254 g/mol. The van der Waals surface area contributed by atoms with Gasteiger partial charge in [-0.05, 0) is 12.1 Å². The molecule has 0 atom stereocenters. The lowest BCUT2D eigenvalue weighted by atomic mass is 10.1. The SMILES string of the molecule is Nc1ccccc1C(=O)N1CCS(=O)(=O)CC1. The summed E-state index contributed by atoms with van der Waals surface area (Å²) >= 11 is 0. The van der Waals surface area contributed by atoms with Crippen molar-refractivity contribution in [3.8, 4) is 0 Å². The molecule has 17 heavy (non-hydrogen) atoms. The van der Waals surface area contributed by atoms with Crippen molar-refractivity contribution in [2.45, 2.75) is 0 Å². The number of nitrogens with zero attached hydrogens (tertiary/aromatic N) is 1. The minimum absolute atomic E-state index is 0.0332. The van der Waals surface area contributed by atoms with Crippen LogP contribution in [-0.4, -0.2) is 43.8 Å². The number of carbonyl (C=O) groups excluding carboxylic acids is 1. The van der Waals surface area contributed by atoms with Crippen LogP contribution in [0.1, 0.15) is 10.4 Å². The molecule has 6 heteroatoms. The Labute approximate surface area is 100 Å². The van der Waals surface area contributed by atoms with Gasteiger partial charge in [0.1, 0.15) is 0 Å². The Kier molecular flexibility index (Phi) is 3.06. The van der Waals surface area contributed by atoms with E-state index in [4.69, 9.17) is 5.73 Å². The zero-order chi connectivity index (χ0) is 12.5. The molecule has 2 rings (SSSR count). The van der Waals surface area contributed by atoms with E-state index in [1.165, 1.54) is 4.90 Å². The van der Waals surface area contributed by atoms with Gasteiger partial charge in [-0.1, -0.05) is 12.1 Å². The van der Waals surface area contributed by atoms with Crippen molar-refractivity contribution in [2.75, 3.05) is 30.3 Å². The first-order valence-corrected chi connectivity index (χ1v) is 7.16. The number of anilines is 1. The van der Waals surface area contributed by atoms with Gasteiger partial charge in [0, 0.05) is 18.8 Å². The zero-order valence-electron chi connectivity index (χ0n) is 9.30. The van der Waals surface area contributed by atoms with E-state index < -0.39 is 9.84 Å². The zero-order valence-corrected chi connectivity index (χ0v) is 10.1. The van der Waals surface area contributed by atoms with Gasteiger partial charge in [0.15, 0.2) is 9.84 Å². The number of sulfone groups is 1. The van der Waals surface area contributed by atoms with Gasteiger partial charge in [0.2, 0.25) is 0 Å². The molecular weight excluding hydrogens is 240 g/mol. The highest BCUT2D eigenvalue weighted by atomic mass is 32.2. The first-order chi connectivity index (χ1) is 7.99. The molecule has 1 aliphatic heterocycles. The van der Waals surface area contributed by atoms with Gasteiger partial charge in [0.05, 0.1) is 17.1 Å². The molecule has 1 fully saturated rings. The third-order valence-electron chi connectivity index (χ3n) is 2.82. The minimum Gasteiger partial charge on any atom is -0.398 e. The molecule has 0 saturated carbocycles. The smallest absolute Gasteiger partial charge is 0.256 e. The fraction of sp³-hybridized carbons (Fsp3) is 0.364. The fourth-order valence-corrected chi connectivity index (χ4v) is 2.98. The van der Waals surface area contributed by atoms with Crippen LogP contribution in [0.25, 0.3) is 0 Å². The van der Waals surface area contributed by atoms with Crippen LogP contribution in [0.3, 0.4) is 0 Å². The van der Waals surface area contributed by atoms with Crippen molar-refractivity contribution in [1.82, 2.24) is 4.90 Å². The standard InChI is InChI=1S/C11H14N2O3S/c12-10-4-2-1-3-9(10)11(14)13-5-7-17(15,16)8-6-13/h1-4H,5-8,12H2. The van der Waals surface area contributed by atoms with Gasteiger partial charge in [-0.3, -0.25) is 4.79 Å². The van der Waals surface area contributed by atoms with Crippen LogP contribution in [0.4, 0.5) is 5.69 Å². The third-order valence-corrected chi connectivity index (χ3v) is 4.43. The van der Waals surface area contributed by atoms with E-state index in [2.05, 4.69) is 0 Å². The number of carbonyl (C=O) groups is 1. The van der Waals surface area contributed by atoms with Crippen LogP contribution in [0.5, 0.6) is 0 Å². The molecular formula is C11H14N2O3S. The highest BCUT2D eigenvalue weighted by Gasteiger charge is 2.26. The fourth-order valence-electron chi connectivity index (χ4n) is 1.78. The number of para-hydroxylation sites is 1. The molecule has 1 aliphatic rings. The van der Waals surface area contributed by atoms with Crippen LogP contribution in [-0.2, 0) is 9.84 Å². The molecule has 0 unspecified atom stereocenters. The molecule has 0 aliphatic carbocycles. The molecule has 1 aromatic rings. The summed E-state index contributed by atoms with van der Waals surface area (Å²) in [5.41, 5.74) is 6.57. The molecule has 1 aromatic carbocycles. The number of hydrogen-bond acceptors (Lipinski definition) is 4. The van der Waals surface area contributed by atoms with Crippen molar-refractivity contribution in [3.05, 3.63) is 29.8 Å². The number of benzene rings is 1. The number of nitrogen functional groups attached to an aromatic ring is 1. The molecule has 2 N–H and O–H groups in total. The normalized spacial score (nSPS) is 18.9. The van der Waals surface area contributed by atoms with Crippen LogP contribution < -0.4 is 5.73 Å². The second kappa shape index (κ2) is 4.37. The summed E-state index contributed by atoms with van der Waals surface area (Å²) in [6, 6.07) is 6.81. The molecule has 1 heterocycles. The Morgan fingerprint density at radius 3 is 2.35 bits per heavy atom. The second-order valence-electron chi connectivity index (χ2n) is 4.03. The summed E-state index contributed by atoms with van der Waals surface area (Å²) in [7, 11) is -2.97. The highest BCUT2D eigenvalue weighted by Crippen LogP contribution is 2.15. The maximum Gasteiger partial charge on any atom is 0.256 e. The van der Waals surface area contributed by atoms with Crippen molar-refractivity contribution < 1.29 is 13.2 Å². The number of nitrogens with two attached hydrogens (primary N) is 1. The largest absolute Gasteiger partial charge is 0.398 e. The van der Waals surface area contributed by atoms with E-state index in [0.29, 0.717) is 11.3 Å². The monoisotopic (exact) mass is 254 g/mol. The van der Waals surface area contributed by atoms with E-state index >= 15 is 0 Å². The Morgan fingerprint density at radius 2 is 1.76 bits per heavy atom. The molecule has 0 bridgehead atoms. The highest BCUT2D eigenvalue weighted by molar-refractivity contribution is 7.91. The summed E-state index contributed by atoms with van der Waals surface area (Å²) in [6.45, 7) is 0.491. The third kappa shape index (κ3) is 2.58. The maximum atomic E-state index is 12.1. The van der Waals surface area contributed by atoms with Crippen molar-refractivity contribution in [2.24, 2.45) is 0 Å². The summed E-state index contributed by atoms with van der Waals surface area (Å²) in [6.07, 6.45) is 0. The van der Waals surface area contributed by atoms with E-state index in [0.717, 1.165) is 0 Å². The quantitative estimate of drug-likeness (QED) is 0.723. The van der Waals surface area contributed by atoms with Gasteiger partial charge >= 0.3 is 0 Å². The molecule has 0 aromatic heterocycles. The minimum atomic E-state index is -2.97. The van der Waals surface area contributed by atoms with Crippen LogP contribution >= 0.6 is 0 Å². The molecule has 0 spiro atoms. The maximum absolute atomic E-state index is 12.1. The van der Waals surface area contributed by atoms with Crippen LogP contribution in [0, 0.1) is 0 Å². The van der Waals surface area contributed by atoms with E-state index in [9.17, 15) is 13.2 Å². The Balaban J connectivity index is 2.15. The van der Waals surface area contributed by atoms with Crippen LogP contribution in [0.2, 0.25) is 0 Å². The van der Waals surface area contributed by atoms with Crippen LogP contribution in [0.15, 0.2) is 24.3 Å². The Morgan fingerprint density at radius 1 is 1.18 bits per heavy atom. The van der Waals surface area contributed by atoms with Crippen molar-refractivity contribution in [3.63, 3.8) is 0 Å². The number of rotatable bonds is 1. The summed E-state index contributed by atoms with van der Waals surface area (Å²) in [5, 5.41) is 0. The lowest BCUT2D eigenvalue weighted by molar-refractivity contribution is 0.0771. The molecule has 0 radical (unpaired) electrons.